The topological polar surface area (TPSA) is 42.0 Å². The monoisotopic (exact) mass is 428 g/mol. The summed E-state index contributed by atoms with van der Waals surface area (Å²) in [5, 5.41) is 4.58. The van der Waals surface area contributed by atoms with Crippen LogP contribution >= 0.6 is 11.6 Å². The van der Waals surface area contributed by atoms with Crippen LogP contribution in [0.5, 0.6) is 0 Å². The van der Waals surface area contributed by atoms with Crippen molar-refractivity contribution in [2.24, 2.45) is 0 Å². The van der Waals surface area contributed by atoms with Crippen LogP contribution in [0.4, 0.5) is 5.69 Å². The molecular formula is C27H25ClN2O. The van der Waals surface area contributed by atoms with E-state index in [0.29, 0.717) is 16.5 Å². The summed E-state index contributed by atoms with van der Waals surface area (Å²) >= 11 is 6.06. The largest absolute Gasteiger partial charge is 0.322 e. The average molecular weight is 429 g/mol. The summed E-state index contributed by atoms with van der Waals surface area (Å²) in [7, 11) is 0. The number of nitrogens with one attached hydrogen (secondary N) is 1. The highest BCUT2D eigenvalue weighted by Crippen LogP contribution is 2.31. The van der Waals surface area contributed by atoms with E-state index in [9.17, 15) is 4.79 Å². The van der Waals surface area contributed by atoms with Gasteiger partial charge in [0.05, 0.1) is 16.8 Å². The zero-order chi connectivity index (χ0) is 22.0. The predicted molar refractivity (Wildman–Crippen MR) is 130 cm³/mol. The van der Waals surface area contributed by atoms with Crippen molar-refractivity contribution in [3.05, 3.63) is 94.5 Å². The van der Waals surface area contributed by atoms with Gasteiger partial charge in [-0.1, -0.05) is 67.9 Å². The van der Waals surface area contributed by atoms with Gasteiger partial charge in [-0.15, -0.1) is 0 Å². The molecule has 3 aromatic carbocycles. The van der Waals surface area contributed by atoms with Crippen LogP contribution < -0.4 is 5.32 Å². The van der Waals surface area contributed by atoms with E-state index in [1.165, 1.54) is 5.56 Å². The number of benzene rings is 3. The van der Waals surface area contributed by atoms with Crippen molar-refractivity contribution < 1.29 is 4.79 Å². The van der Waals surface area contributed by atoms with Gasteiger partial charge in [0.25, 0.3) is 5.91 Å². The number of carbonyl (C=O) groups is 1. The lowest BCUT2D eigenvalue weighted by Crippen LogP contribution is -2.15. The van der Waals surface area contributed by atoms with E-state index >= 15 is 0 Å². The Hall–Kier alpha value is -3.17. The smallest absolute Gasteiger partial charge is 0.256 e. The van der Waals surface area contributed by atoms with Crippen molar-refractivity contribution in [3.8, 4) is 11.3 Å². The van der Waals surface area contributed by atoms with Crippen LogP contribution in [0.1, 0.15) is 47.7 Å². The summed E-state index contributed by atoms with van der Waals surface area (Å²) in [5.41, 5.74) is 6.04. The minimum atomic E-state index is -0.136. The highest BCUT2D eigenvalue weighted by Gasteiger charge is 2.19. The second kappa shape index (κ2) is 8.91. The highest BCUT2D eigenvalue weighted by molar-refractivity contribution is 6.30. The summed E-state index contributed by atoms with van der Waals surface area (Å²) in [5.74, 6) is 0.362. The lowest BCUT2D eigenvalue weighted by Gasteiger charge is -2.15. The zero-order valence-corrected chi connectivity index (χ0v) is 18.7. The van der Waals surface area contributed by atoms with Gasteiger partial charge in [-0.3, -0.25) is 4.79 Å². The molecule has 0 saturated carbocycles. The lowest BCUT2D eigenvalue weighted by molar-refractivity contribution is 0.102. The number of para-hydroxylation sites is 1. The molecule has 0 radical (unpaired) electrons. The number of rotatable bonds is 5. The van der Waals surface area contributed by atoms with Gasteiger partial charge >= 0.3 is 0 Å². The van der Waals surface area contributed by atoms with Crippen LogP contribution in [0.2, 0.25) is 5.02 Å². The number of anilines is 1. The lowest BCUT2D eigenvalue weighted by atomic mass is 9.96. The fraction of sp³-hybridized carbons (Fsp3) is 0.185. The van der Waals surface area contributed by atoms with Crippen LogP contribution in [0, 0.1) is 6.92 Å². The van der Waals surface area contributed by atoms with Crippen molar-refractivity contribution >= 4 is 34.1 Å². The predicted octanol–water partition coefficient (Wildman–Crippen LogP) is 7.63. The Kier molecular flexibility index (Phi) is 6.06. The molecule has 1 amide bonds. The standard InChI is InChI=1S/C27H25ClN2O/c1-4-17(2)19-11-15-22(16-12-19)29-27(31)25-18(3)26(20-9-13-21(28)14-10-20)30-24-8-6-5-7-23(24)25/h5-17H,4H2,1-3H3,(H,29,31). The van der Waals surface area contributed by atoms with Gasteiger partial charge in [0.2, 0.25) is 0 Å². The first kappa shape index (κ1) is 21.1. The molecule has 4 aromatic rings. The molecular weight excluding hydrogens is 404 g/mol. The van der Waals surface area contributed by atoms with Crippen molar-refractivity contribution in [2.75, 3.05) is 5.32 Å². The Bertz CT molecular complexity index is 1230. The first-order valence-corrected chi connectivity index (χ1v) is 10.9. The van der Waals surface area contributed by atoms with Gasteiger partial charge in [0, 0.05) is 21.7 Å². The Balaban J connectivity index is 1.76. The van der Waals surface area contributed by atoms with Gasteiger partial charge in [0.15, 0.2) is 0 Å². The summed E-state index contributed by atoms with van der Waals surface area (Å²) in [6.45, 7) is 6.33. The molecule has 1 aromatic heterocycles. The van der Waals surface area contributed by atoms with Gasteiger partial charge in [-0.25, -0.2) is 4.98 Å². The van der Waals surface area contributed by atoms with E-state index in [4.69, 9.17) is 16.6 Å². The Morgan fingerprint density at radius 2 is 1.68 bits per heavy atom. The molecule has 1 N–H and O–H groups in total. The highest BCUT2D eigenvalue weighted by atomic mass is 35.5. The molecule has 0 aliphatic heterocycles. The number of amides is 1. The van der Waals surface area contributed by atoms with Crippen LogP contribution in [0.15, 0.2) is 72.8 Å². The number of hydrogen-bond acceptors (Lipinski definition) is 2. The minimum Gasteiger partial charge on any atom is -0.322 e. The van der Waals surface area contributed by atoms with Crippen molar-refractivity contribution in [3.63, 3.8) is 0 Å². The van der Waals surface area contributed by atoms with E-state index in [0.717, 1.165) is 39.8 Å². The third kappa shape index (κ3) is 4.33. The Labute approximate surface area is 188 Å². The molecule has 3 nitrogen and oxygen atoms in total. The number of nitrogens with zero attached hydrogens (tertiary/aromatic N) is 1. The molecule has 1 atom stereocenters. The summed E-state index contributed by atoms with van der Waals surface area (Å²) < 4.78 is 0. The van der Waals surface area contributed by atoms with E-state index in [1.54, 1.807) is 0 Å². The van der Waals surface area contributed by atoms with E-state index in [1.807, 2.05) is 67.6 Å². The number of pyridine rings is 1. The van der Waals surface area contributed by atoms with Crippen LogP contribution in [-0.2, 0) is 0 Å². The fourth-order valence-electron chi connectivity index (χ4n) is 3.81. The SMILES string of the molecule is CCC(C)c1ccc(NC(=O)c2c(C)c(-c3ccc(Cl)cc3)nc3ccccc23)cc1. The van der Waals surface area contributed by atoms with Gasteiger partial charge in [-0.05, 0) is 60.7 Å². The Morgan fingerprint density at radius 3 is 2.35 bits per heavy atom. The summed E-state index contributed by atoms with van der Waals surface area (Å²) in [6, 6.07) is 23.4. The first-order chi connectivity index (χ1) is 15.0. The van der Waals surface area contributed by atoms with Crippen LogP contribution in [-0.4, -0.2) is 10.9 Å². The quantitative estimate of drug-likeness (QED) is 0.355. The summed E-state index contributed by atoms with van der Waals surface area (Å²) in [4.78, 5) is 18.2. The number of hydrogen-bond donors (Lipinski definition) is 1. The number of halogens is 1. The van der Waals surface area contributed by atoms with E-state index < -0.39 is 0 Å². The van der Waals surface area contributed by atoms with Gasteiger partial charge < -0.3 is 5.32 Å². The summed E-state index contributed by atoms with van der Waals surface area (Å²) in [6.07, 6.45) is 1.08. The van der Waals surface area contributed by atoms with Gasteiger partial charge in [0.1, 0.15) is 0 Å². The second-order valence-electron chi connectivity index (χ2n) is 7.87. The maximum atomic E-state index is 13.4. The second-order valence-corrected chi connectivity index (χ2v) is 8.31. The maximum Gasteiger partial charge on any atom is 0.256 e. The first-order valence-electron chi connectivity index (χ1n) is 10.5. The number of fused-ring (bicyclic) bond motifs is 1. The van der Waals surface area contributed by atoms with Crippen LogP contribution in [0.3, 0.4) is 0 Å². The third-order valence-corrected chi connectivity index (χ3v) is 6.08. The molecule has 0 aliphatic rings. The normalized spacial score (nSPS) is 12.0. The molecule has 156 valence electrons. The molecule has 0 bridgehead atoms. The molecule has 1 unspecified atom stereocenters. The van der Waals surface area contributed by atoms with Crippen LogP contribution in [0.25, 0.3) is 22.2 Å². The molecule has 4 heteroatoms. The molecule has 4 rings (SSSR count). The molecule has 0 saturated heterocycles. The third-order valence-electron chi connectivity index (χ3n) is 5.83. The molecule has 0 fully saturated rings. The van der Waals surface area contributed by atoms with Crippen molar-refractivity contribution in [1.29, 1.82) is 0 Å². The van der Waals surface area contributed by atoms with Gasteiger partial charge in [-0.2, -0.15) is 0 Å². The number of carbonyl (C=O) groups excluding carboxylic acids is 1. The van der Waals surface area contributed by atoms with Crippen molar-refractivity contribution in [2.45, 2.75) is 33.1 Å². The maximum absolute atomic E-state index is 13.4. The molecule has 1 heterocycles. The van der Waals surface area contributed by atoms with Crippen molar-refractivity contribution in [1.82, 2.24) is 4.98 Å². The van der Waals surface area contributed by atoms with E-state index in [2.05, 4.69) is 31.3 Å². The average Bonchev–Trinajstić information content (AvgIpc) is 2.79. The Morgan fingerprint density at radius 1 is 1.00 bits per heavy atom. The molecule has 0 spiro atoms. The number of aromatic nitrogens is 1. The minimum absolute atomic E-state index is 0.136. The fourth-order valence-corrected chi connectivity index (χ4v) is 3.94. The zero-order valence-electron chi connectivity index (χ0n) is 17.9. The molecule has 31 heavy (non-hydrogen) atoms. The van der Waals surface area contributed by atoms with E-state index in [-0.39, 0.29) is 5.91 Å². The molecule has 0 aliphatic carbocycles.